The SMILES string of the molecule is COC(=O)c1ccc(Cc2cccc(F)c2)cn1. The fourth-order valence-electron chi connectivity index (χ4n) is 1.64. The second-order valence-corrected chi connectivity index (χ2v) is 3.85. The number of pyridine rings is 1. The van der Waals surface area contributed by atoms with Crippen molar-refractivity contribution < 1.29 is 13.9 Å². The van der Waals surface area contributed by atoms with Crippen molar-refractivity contribution in [3.05, 3.63) is 65.2 Å². The Labute approximate surface area is 104 Å². The molecule has 0 fully saturated rings. The normalized spacial score (nSPS) is 10.1. The van der Waals surface area contributed by atoms with Crippen LogP contribution in [0.15, 0.2) is 42.6 Å². The Morgan fingerprint density at radius 3 is 2.72 bits per heavy atom. The van der Waals surface area contributed by atoms with Gasteiger partial charge in [-0.15, -0.1) is 0 Å². The zero-order chi connectivity index (χ0) is 13.0. The summed E-state index contributed by atoms with van der Waals surface area (Å²) >= 11 is 0. The number of carbonyl (C=O) groups excluding carboxylic acids is 1. The molecular weight excluding hydrogens is 233 g/mol. The summed E-state index contributed by atoms with van der Waals surface area (Å²) in [6.07, 6.45) is 2.17. The molecule has 18 heavy (non-hydrogen) atoms. The molecule has 92 valence electrons. The van der Waals surface area contributed by atoms with E-state index in [1.807, 2.05) is 6.07 Å². The van der Waals surface area contributed by atoms with Crippen molar-refractivity contribution in [3.63, 3.8) is 0 Å². The number of methoxy groups -OCH3 is 1. The Bertz CT molecular complexity index is 552. The zero-order valence-corrected chi connectivity index (χ0v) is 9.89. The van der Waals surface area contributed by atoms with Crippen LogP contribution in [-0.2, 0) is 11.2 Å². The van der Waals surface area contributed by atoms with Gasteiger partial charge in [0.1, 0.15) is 11.5 Å². The van der Waals surface area contributed by atoms with Crippen molar-refractivity contribution >= 4 is 5.97 Å². The molecule has 0 saturated carbocycles. The van der Waals surface area contributed by atoms with Gasteiger partial charge in [-0.2, -0.15) is 0 Å². The first-order valence-electron chi connectivity index (χ1n) is 5.47. The van der Waals surface area contributed by atoms with Crippen LogP contribution in [-0.4, -0.2) is 18.1 Å². The van der Waals surface area contributed by atoms with Gasteiger partial charge in [0.05, 0.1) is 7.11 Å². The van der Waals surface area contributed by atoms with Gasteiger partial charge < -0.3 is 4.74 Å². The van der Waals surface area contributed by atoms with Gasteiger partial charge in [-0.25, -0.2) is 14.2 Å². The Hall–Kier alpha value is -2.23. The molecule has 0 aliphatic rings. The van der Waals surface area contributed by atoms with Crippen LogP contribution < -0.4 is 0 Å². The molecule has 0 unspecified atom stereocenters. The van der Waals surface area contributed by atoms with Gasteiger partial charge >= 0.3 is 5.97 Å². The van der Waals surface area contributed by atoms with Crippen LogP contribution in [0, 0.1) is 5.82 Å². The fourth-order valence-corrected chi connectivity index (χ4v) is 1.64. The van der Waals surface area contributed by atoms with Gasteiger partial charge in [-0.3, -0.25) is 0 Å². The van der Waals surface area contributed by atoms with Crippen molar-refractivity contribution in [2.24, 2.45) is 0 Å². The van der Waals surface area contributed by atoms with Crippen molar-refractivity contribution in [3.8, 4) is 0 Å². The van der Waals surface area contributed by atoms with Gasteiger partial charge in [0.2, 0.25) is 0 Å². The third kappa shape index (κ3) is 2.91. The molecule has 0 aliphatic carbocycles. The summed E-state index contributed by atoms with van der Waals surface area (Å²) in [7, 11) is 1.31. The van der Waals surface area contributed by atoms with E-state index in [1.165, 1.54) is 19.2 Å². The molecule has 0 aliphatic heterocycles. The minimum atomic E-state index is -0.465. The molecule has 0 saturated heterocycles. The van der Waals surface area contributed by atoms with Crippen molar-refractivity contribution in [2.75, 3.05) is 7.11 Å². The van der Waals surface area contributed by atoms with Gasteiger partial charge in [-0.1, -0.05) is 18.2 Å². The first-order chi connectivity index (χ1) is 8.69. The molecule has 0 spiro atoms. The van der Waals surface area contributed by atoms with Gasteiger partial charge in [-0.05, 0) is 35.7 Å². The van der Waals surface area contributed by atoms with E-state index in [9.17, 15) is 9.18 Å². The van der Waals surface area contributed by atoms with E-state index in [2.05, 4.69) is 9.72 Å². The average Bonchev–Trinajstić information content (AvgIpc) is 2.39. The average molecular weight is 245 g/mol. The molecule has 0 atom stereocenters. The first-order valence-corrected chi connectivity index (χ1v) is 5.47. The van der Waals surface area contributed by atoms with E-state index in [-0.39, 0.29) is 11.5 Å². The number of ether oxygens (including phenoxy) is 1. The molecule has 0 amide bonds. The zero-order valence-electron chi connectivity index (χ0n) is 9.89. The highest BCUT2D eigenvalue weighted by atomic mass is 19.1. The molecule has 1 heterocycles. The van der Waals surface area contributed by atoms with Crippen LogP contribution in [0.2, 0.25) is 0 Å². The lowest BCUT2D eigenvalue weighted by Crippen LogP contribution is -2.04. The van der Waals surface area contributed by atoms with Gasteiger partial charge in [0.15, 0.2) is 0 Å². The summed E-state index contributed by atoms with van der Waals surface area (Å²) in [6.45, 7) is 0. The Morgan fingerprint density at radius 2 is 2.11 bits per heavy atom. The largest absolute Gasteiger partial charge is 0.464 e. The lowest BCUT2D eigenvalue weighted by Gasteiger charge is -2.03. The summed E-state index contributed by atoms with van der Waals surface area (Å²) < 4.78 is 17.6. The van der Waals surface area contributed by atoms with Crippen molar-refractivity contribution in [1.82, 2.24) is 4.98 Å². The van der Waals surface area contributed by atoms with Crippen molar-refractivity contribution in [1.29, 1.82) is 0 Å². The maximum absolute atomic E-state index is 13.0. The summed E-state index contributed by atoms with van der Waals surface area (Å²) in [5.74, 6) is -0.723. The maximum Gasteiger partial charge on any atom is 0.356 e. The summed E-state index contributed by atoms with van der Waals surface area (Å²) in [5.41, 5.74) is 2.04. The number of rotatable bonds is 3. The quantitative estimate of drug-likeness (QED) is 0.780. The summed E-state index contributed by atoms with van der Waals surface area (Å²) in [6, 6.07) is 9.78. The van der Waals surface area contributed by atoms with E-state index in [0.717, 1.165) is 11.1 Å². The van der Waals surface area contributed by atoms with Crippen LogP contribution >= 0.6 is 0 Å². The lowest BCUT2D eigenvalue weighted by atomic mass is 10.1. The van der Waals surface area contributed by atoms with Gasteiger partial charge in [0.25, 0.3) is 0 Å². The molecule has 0 bridgehead atoms. The van der Waals surface area contributed by atoms with E-state index in [0.29, 0.717) is 6.42 Å². The second kappa shape index (κ2) is 5.40. The summed E-state index contributed by atoms with van der Waals surface area (Å²) in [5, 5.41) is 0. The molecule has 2 rings (SSSR count). The van der Waals surface area contributed by atoms with E-state index in [1.54, 1.807) is 24.4 Å². The van der Waals surface area contributed by atoms with Crippen LogP contribution in [0.4, 0.5) is 4.39 Å². The van der Waals surface area contributed by atoms with E-state index in [4.69, 9.17) is 0 Å². The number of esters is 1. The number of carbonyl (C=O) groups is 1. The highest BCUT2D eigenvalue weighted by molar-refractivity contribution is 5.86. The monoisotopic (exact) mass is 245 g/mol. The fraction of sp³-hybridized carbons (Fsp3) is 0.143. The summed E-state index contributed by atoms with van der Waals surface area (Å²) in [4.78, 5) is 15.2. The Morgan fingerprint density at radius 1 is 1.28 bits per heavy atom. The maximum atomic E-state index is 13.0. The van der Waals surface area contributed by atoms with E-state index < -0.39 is 5.97 Å². The number of hydrogen-bond acceptors (Lipinski definition) is 3. The van der Waals surface area contributed by atoms with Crippen molar-refractivity contribution in [2.45, 2.75) is 6.42 Å². The minimum Gasteiger partial charge on any atom is -0.464 e. The van der Waals surface area contributed by atoms with E-state index >= 15 is 0 Å². The molecule has 0 N–H and O–H groups in total. The highest BCUT2D eigenvalue weighted by Gasteiger charge is 2.06. The third-order valence-electron chi connectivity index (χ3n) is 2.52. The molecule has 3 nitrogen and oxygen atoms in total. The number of halogens is 1. The predicted molar refractivity (Wildman–Crippen MR) is 64.8 cm³/mol. The Balaban J connectivity index is 2.13. The molecule has 1 aromatic heterocycles. The Kier molecular flexibility index (Phi) is 3.67. The number of hydrogen-bond donors (Lipinski definition) is 0. The highest BCUT2D eigenvalue weighted by Crippen LogP contribution is 2.10. The third-order valence-corrected chi connectivity index (χ3v) is 2.52. The van der Waals surface area contributed by atoms with Gasteiger partial charge in [0, 0.05) is 6.20 Å². The topological polar surface area (TPSA) is 39.2 Å². The van der Waals surface area contributed by atoms with Crippen LogP contribution in [0.5, 0.6) is 0 Å². The van der Waals surface area contributed by atoms with Crippen LogP contribution in [0.25, 0.3) is 0 Å². The second-order valence-electron chi connectivity index (χ2n) is 3.85. The molecule has 2 aromatic rings. The standard InChI is InChI=1S/C14H12FNO2/c1-18-14(17)13-6-5-11(9-16-13)7-10-3-2-4-12(15)8-10/h2-6,8-9H,7H2,1H3. The minimum absolute atomic E-state index is 0.258. The lowest BCUT2D eigenvalue weighted by molar-refractivity contribution is 0.0594. The molecule has 0 radical (unpaired) electrons. The number of benzene rings is 1. The number of aromatic nitrogens is 1. The van der Waals surface area contributed by atoms with Crippen LogP contribution in [0.1, 0.15) is 21.6 Å². The molecule has 1 aromatic carbocycles. The molecular formula is C14H12FNO2. The first kappa shape index (κ1) is 12.2. The van der Waals surface area contributed by atoms with Crippen LogP contribution in [0.3, 0.4) is 0 Å². The predicted octanol–water partition coefficient (Wildman–Crippen LogP) is 2.60. The smallest absolute Gasteiger partial charge is 0.356 e. The number of nitrogens with zero attached hydrogens (tertiary/aromatic N) is 1. The molecule has 4 heteroatoms.